The highest BCUT2D eigenvalue weighted by Crippen LogP contribution is 2.36. The van der Waals surface area contributed by atoms with Crippen LogP contribution in [0.15, 0.2) is 11.1 Å². The van der Waals surface area contributed by atoms with Gasteiger partial charge in [0.2, 0.25) is 0 Å². The topological polar surface area (TPSA) is 49.3 Å². The minimum Gasteiger partial charge on any atom is -0.365 e. The molecular formula is C16H20N4S. The van der Waals surface area contributed by atoms with Crippen molar-refractivity contribution in [3.63, 3.8) is 0 Å². The Morgan fingerprint density at radius 3 is 3.10 bits per heavy atom. The molecule has 2 aromatic rings. The number of aryl methyl sites for hydroxylation is 2. The van der Waals surface area contributed by atoms with E-state index in [1.165, 1.54) is 34.2 Å². The maximum atomic E-state index is 4.73. The van der Waals surface area contributed by atoms with E-state index in [9.17, 15) is 0 Å². The van der Waals surface area contributed by atoms with Crippen LogP contribution in [0, 0.1) is 13.8 Å². The molecule has 0 aliphatic carbocycles. The molecule has 4 heterocycles. The molecule has 2 aromatic heterocycles. The number of fused-ring (bicyclic) bond motifs is 3. The number of amidine groups is 1. The van der Waals surface area contributed by atoms with E-state index < -0.39 is 0 Å². The molecule has 110 valence electrons. The van der Waals surface area contributed by atoms with Gasteiger partial charge in [-0.15, -0.1) is 11.3 Å². The molecule has 21 heavy (non-hydrogen) atoms. The molecule has 1 saturated heterocycles. The lowest BCUT2D eigenvalue weighted by Crippen LogP contribution is -2.45. The first-order chi connectivity index (χ1) is 10.2. The standard InChI is InChI=1S/C16H20N4S/c1-9-6-10(2)19-16-13(9)12-8-18-15(14(12)21-16)20-11-4-3-5-17-7-11/h6,11,17H,3-5,7-8H2,1-2H3,(H,18,20). The maximum absolute atomic E-state index is 4.73. The zero-order valence-corrected chi connectivity index (χ0v) is 13.3. The van der Waals surface area contributed by atoms with E-state index in [0.29, 0.717) is 6.04 Å². The van der Waals surface area contributed by atoms with Crippen LogP contribution in [-0.2, 0) is 6.54 Å². The summed E-state index contributed by atoms with van der Waals surface area (Å²) in [7, 11) is 0. The highest BCUT2D eigenvalue weighted by atomic mass is 32.1. The molecule has 0 radical (unpaired) electrons. The van der Waals surface area contributed by atoms with Crippen molar-refractivity contribution in [2.24, 2.45) is 4.99 Å². The van der Waals surface area contributed by atoms with Crippen molar-refractivity contribution in [2.45, 2.75) is 39.3 Å². The summed E-state index contributed by atoms with van der Waals surface area (Å²) in [5, 5.41) is 8.41. The quantitative estimate of drug-likeness (QED) is 0.851. The lowest BCUT2D eigenvalue weighted by atomic mass is 10.1. The van der Waals surface area contributed by atoms with Crippen LogP contribution in [0.25, 0.3) is 10.2 Å². The molecule has 0 saturated carbocycles. The number of aliphatic imine (C=N–C) groups is 1. The fraction of sp³-hybridized carbons (Fsp3) is 0.500. The van der Waals surface area contributed by atoms with Gasteiger partial charge in [-0.05, 0) is 44.9 Å². The van der Waals surface area contributed by atoms with E-state index in [1.807, 2.05) is 0 Å². The molecule has 2 aliphatic rings. The first kappa shape index (κ1) is 13.2. The van der Waals surface area contributed by atoms with Gasteiger partial charge < -0.3 is 10.6 Å². The predicted molar refractivity (Wildman–Crippen MR) is 88.4 cm³/mol. The Bertz CT molecular complexity index is 725. The van der Waals surface area contributed by atoms with Gasteiger partial charge in [-0.2, -0.15) is 0 Å². The Hall–Kier alpha value is -1.46. The molecule has 0 spiro atoms. The number of hydrogen-bond acceptors (Lipinski definition) is 5. The van der Waals surface area contributed by atoms with E-state index in [2.05, 4.69) is 30.5 Å². The molecule has 4 nitrogen and oxygen atoms in total. The van der Waals surface area contributed by atoms with E-state index in [1.54, 1.807) is 11.3 Å². The minimum atomic E-state index is 0.504. The van der Waals surface area contributed by atoms with E-state index >= 15 is 0 Å². The molecule has 2 aliphatic heterocycles. The molecule has 4 rings (SSSR count). The van der Waals surface area contributed by atoms with Crippen LogP contribution in [0.1, 0.15) is 34.5 Å². The van der Waals surface area contributed by atoms with Crippen LogP contribution in [0.5, 0.6) is 0 Å². The van der Waals surface area contributed by atoms with E-state index in [4.69, 9.17) is 9.98 Å². The summed E-state index contributed by atoms with van der Waals surface area (Å²) >= 11 is 1.79. The second kappa shape index (κ2) is 5.07. The number of rotatable bonds is 1. The van der Waals surface area contributed by atoms with Crippen LogP contribution < -0.4 is 10.6 Å². The number of pyridine rings is 1. The summed E-state index contributed by atoms with van der Waals surface area (Å²) in [6, 6.07) is 2.68. The van der Waals surface area contributed by atoms with Gasteiger partial charge in [-0.3, -0.25) is 4.99 Å². The Morgan fingerprint density at radius 2 is 2.29 bits per heavy atom. The third-order valence-electron chi connectivity index (χ3n) is 4.33. The van der Waals surface area contributed by atoms with Gasteiger partial charge in [-0.25, -0.2) is 4.98 Å². The van der Waals surface area contributed by atoms with Crippen LogP contribution in [-0.4, -0.2) is 30.0 Å². The van der Waals surface area contributed by atoms with Gasteiger partial charge in [0.25, 0.3) is 0 Å². The normalized spacial score (nSPS) is 21.4. The number of aromatic nitrogens is 1. The van der Waals surface area contributed by atoms with Crippen LogP contribution in [0.3, 0.4) is 0 Å². The smallest absolute Gasteiger partial charge is 0.139 e. The number of hydrogen-bond donors (Lipinski definition) is 2. The van der Waals surface area contributed by atoms with Crippen molar-refractivity contribution in [1.82, 2.24) is 15.6 Å². The Labute approximate surface area is 128 Å². The highest BCUT2D eigenvalue weighted by Gasteiger charge is 2.25. The van der Waals surface area contributed by atoms with Crippen LogP contribution >= 0.6 is 11.3 Å². The molecule has 2 N–H and O–H groups in total. The Balaban J connectivity index is 1.69. The molecule has 1 atom stereocenters. The van der Waals surface area contributed by atoms with Crippen molar-refractivity contribution in [3.05, 3.63) is 27.8 Å². The van der Waals surface area contributed by atoms with Gasteiger partial charge in [0.1, 0.15) is 10.7 Å². The average Bonchev–Trinajstić information content (AvgIpc) is 2.99. The summed E-state index contributed by atoms with van der Waals surface area (Å²) in [6.45, 7) is 7.22. The van der Waals surface area contributed by atoms with Gasteiger partial charge in [-0.1, -0.05) is 0 Å². The summed E-state index contributed by atoms with van der Waals surface area (Å²) in [4.78, 5) is 11.9. The zero-order chi connectivity index (χ0) is 14.4. The molecule has 0 bridgehead atoms. The zero-order valence-electron chi connectivity index (χ0n) is 12.5. The van der Waals surface area contributed by atoms with Crippen molar-refractivity contribution in [1.29, 1.82) is 0 Å². The largest absolute Gasteiger partial charge is 0.365 e. The molecule has 0 amide bonds. The van der Waals surface area contributed by atoms with E-state index in [0.717, 1.165) is 36.0 Å². The predicted octanol–water partition coefficient (Wildman–Crippen LogP) is 2.51. The molecule has 5 heteroatoms. The van der Waals surface area contributed by atoms with Crippen LogP contribution in [0.4, 0.5) is 0 Å². The molecular weight excluding hydrogens is 280 g/mol. The number of piperidine rings is 1. The molecule has 1 fully saturated rings. The molecule has 0 aromatic carbocycles. The highest BCUT2D eigenvalue weighted by molar-refractivity contribution is 7.20. The second-order valence-corrected chi connectivity index (χ2v) is 7.02. The number of thiophene rings is 1. The summed E-state index contributed by atoms with van der Waals surface area (Å²) in [5.41, 5.74) is 3.79. The lowest BCUT2D eigenvalue weighted by Gasteiger charge is -2.24. The lowest BCUT2D eigenvalue weighted by molar-refractivity contribution is 0.431. The van der Waals surface area contributed by atoms with Crippen molar-refractivity contribution < 1.29 is 0 Å². The van der Waals surface area contributed by atoms with Crippen LogP contribution in [0.2, 0.25) is 0 Å². The van der Waals surface area contributed by atoms with Gasteiger partial charge >= 0.3 is 0 Å². The monoisotopic (exact) mass is 300 g/mol. The maximum Gasteiger partial charge on any atom is 0.139 e. The third kappa shape index (κ3) is 2.24. The van der Waals surface area contributed by atoms with Crippen molar-refractivity contribution >= 4 is 27.4 Å². The Kier molecular flexibility index (Phi) is 3.19. The first-order valence-electron chi connectivity index (χ1n) is 7.64. The summed E-state index contributed by atoms with van der Waals surface area (Å²) < 4.78 is 0. The average molecular weight is 300 g/mol. The van der Waals surface area contributed by atoms with Gasteiger partial charge in [0.15, 0.2) is 0 Å². The number of nitrogens with one attached hydrogen (secondary N) is 2. The summed E-state index contributed by atoms with van der Waals surface area (Å²) in [6.07, 6.45) is 2.46. The fourth-order valence-electron chi connectivity index (χ4n) is 3.37. The number of nitrogens with zero attached hydrogens (tertiary/aromatic N) is 2. The Morgan fingerprint density at radius 1 is 1.38 bits per heavy atom. The minimum absolute atomic E-state index is 0.504. The molecule has 1 unspecified atom stereocenters. The van der Waals surface area contributed by atoms with Gasteiger partial charge in [0.05, 0.1) is 11.4 Å². The summed E-state index contributed by atoms with van der Waals surface area (Å²) in [5.74, 6) is 1.08. The van der Waals surface area contributed by atoms with Gasteiger partial charge in [0, 0.05) is 29.2 Å². The second-order valence-electron chi connectivity index (χ2n) is 6.02. The van der Waals surface area contributed by atoms with Crippen molar-refractivity contribution in [2.75, 3.05) is 13.1 Å². The fourth-order valence-corrected chi connectivity index (χ4v) is 4.65. The SMILES string of the molecule is Cc1cc(C)c2c3c(sc2n1)C(NC1CCCNC1)=NC3. The first-order valence-corrected chi connectivity index (χ1v) is 8.45. The van der Waals surface area contributed by atoms with E-state index in [-0.39, 0.29) is 0 Å². The third-order valence-corrected chi connectivity index (χ3v) is 5.47. The van der Waals surface area contributed by atoms with Crippen molar-refractivity contribution in [3.8, 4) is 0 Å².